The van der Waals surface area contributed by atoms with Crippen molar-refractivity contribution in [1.82, 2.24) is 15.1 Å². The van der Waals surface area contributed by atoms with Gasteiger partial charge in [-0.25, -0.2) is 4.68 Å². The molecule has 1 saturated heterocycles. The zero-order chi connectivity index (χ0) is 15.6. The fourth-order valence-corrected chi connectivity index (χ4v) is 3.16. The van der Waals surface area contributed by atoms with E-state index in [9.17, 15) is 4.79 Å². The normalized spacial score (nSPS) is 20.6. The maximum atomic E-state index is 12.6. The van der Waals surface area contributed by atoms with Gasteiger partial charge in [0.15, 0.2) is 0 Å². The Morgan fingerprint density at radius 3 is 2.78 bits per heavy atom. The molecule has 0 spiro atoms. The number of hydrogen-bond acceptors (Lipinski definition) is 3. The quantitative estimate of drug-likeness (QED) is 0.923. The lowest BCUT2D eigenvalue weighted by Gasteiger charge is -2.12. The summed E-state index contributed by atoms with van der Waals surface area (Å²) in [5.41, 5.74) is 2.75. The predicted octanol–water partition coefficient (Wildman–Crippen LogP) is 2.66. The van der Waals surface area contributed by atoms with Crippen molar-refractivity contribution in [3.8, 4) is 5.69 Å². The summed E-state index contributed by atoms with van der Waals surface area (Å²) in [4.78, 5) is 12.6. The van der Waals surface area contributed by atoms with Crippen LogP contribution in [0.2, 0.25) is 0 Å². The molecule has 23 heavy (non-hydrogen) atoms. The molecule has 1 aromatic heterocycles. The van der Waals surface area contributed by atoms with Gasteiger partial charge < -0.3 is 10.1 Å². The van der Waals surface area contributed by atoms with Crippen molar-refractivity contribution in [2.24, 2.45) is 0 Å². The van der Waals surface area contributed by atoms with E-state index in [1.165, 1.54) is 0 Å². The SMILES string of the molecule is O=C(NC[C@H]1CCCO1)c1cnn(-c2ccccc2)c1C1CC1. The van der Waals surface area contributed by atoms with Crippen molar-refractivity contribution in [2.45, 2.75) is 37.7 Å². The van der Waals surface area contributed by atoms with E-state index in [4.69, 9.17) is 4.74 Å². The molecule has 2 aliphatic rings. The number of para-hydroxylation sites is 1. The van der Waals surface area contributed by atoms with Crippen LogP contribution in [0.4, 0.5) is 0 Å². The molecule has 1 aliphatic heterocycles. The molecule has 0 unspecified atom stereocenters. The first-order valence-corrected chi connectivity index (χ1v) is 8.36. The van der Waals surface area contributed by atoms with Gasteiger partial charge in [0.1, 0.15) is 0 Å². The first-order chi connectivity index (χ1) is 11.3. The molecule has 1 atom stereocenters. The first-order valence-electron chi connectivity index (χ1n) is 8.36. The molecule has 2 heterocycles. The van der Waals surface area contributed by atoms with Crippen LogP contribution >= 0.6 is 0 Å². The summed E-state index contributed by atoms with van der Waals surface area (Å²) in [6, 6.07) is 10.0. The van der Waals surface area contributed by atoms with E-state index in [-0.39, 0.29) is 12.0 Å². The third-order valence-corrected chi connectivity index (χ3v) is 4.53. The zero-order valence-corrected chi connectivity index (χ0v) is 13.1. The van der Waals surface area contributed by atoms with Gasteiger partial charge in [-0.1, -0.05) is 18.2 Å². The summed E-state index contributed by atoms with van der Waals surface area (Å²) in [6.07, 6.45) is 6.23. The second-order valence-electron chi connectivity index (χ2n) is 6.31. The Hall–Kier alpha value is -2.14. The summed E-state index contributed by atoms with van der Waals surface area (Å²) in [7, 11) is 0. The van der Waals surface area contributed by atoms with E-state index >= 15 is 0 Å². The molecule has 0 bridgehead atoms. The Morgan fingerprint density at radius 2 is 2.09 bits per heavy atom. The summed E-state index contributed by atoms with van der Waals surface area (Å²) in [5, 5.41) is 7.48. The van der Waals surface area contributed by atoms with Crippen LogP contribution in [0.15, 0.2) is 36.5 Å². The van der Waals surface area contributed by atoms with Crippen molar-refractivity contribution in [2.75, 3.05) is 13.2 Å². The summed E-state index contributed by atoms with van der Waals surface area (Å²) < 4.78 is 7.48. The van der Waals surface area contributed by atoms with Crippen molar-refractivity contribution in [3.05, 3.63) is 47.8 Å². The maximum Gasteiger partial charge on any atom is 0.254 e. The van der Waals surface area contributed by atoms with Crippen molar-refractivity contribution in [1.29, 1.82) is 0 Å². The van der Waals surface area contributed by atoms with Crippen LogP contribution in [0.5, 0.6) is 0 Å². The van der Waals surface area contributed by atoms with Gasteiger partial charge in [-0.2, -0.15) is 5.10 Å². The van der Waals surface area contributed by atoms with Crippen LogP contribution < -0.4 is 5.32 Å². The lowest BCUT2D eigenvalue weighted by atomic mass is 10.1. The Labute approximate surface area is 135 Å². The number of benzene rings is 1. The minimum Gasteiger partial charge on any atom is -0.376 e. The molecule has 2 aromatic rings. The molecule has 1 saturated carbocycles. The number of carbonyl (C=O) groups is 1. The molecule has 0 radical (unpaired) electrons. The number of nitrogens with one attached hydrogen (secondary N) is 1. The van der Waals surface area contributed by atoms with Gasteiger partial charge in [0, 0.05) is 19.1 Å². The number of nitrogens with zero attached hydrogens (tertiary/aromatic N) is 2. The minimum atomic E-state index is -0.0374. The van der Waals surface area contributed by atoms with Crippen LogP contribution in [0.25, 0.3) is 5.69 Å². The largest absolute Gasteiger partial charge is 0.376 e. The molecular formula is C18H21N3O2. The molecule has 2 fully saturated rings. The molecule has 1 aliphatic carbocycles. The van der Waals surface area contributed by atoms with Gasteiger partial charge in [-0.15, -0.1) is 0 Å². The Morgan fingerprint density at radius 1 is 1.26 bits per heavy atom. The number of carbonyl (C=O) groups excluding carboxylic acids is 1. The first kappa shape index (κ1) is 14.5. The zero-order valence-electron chi connectivity index (χ0n) is 13.1. The van der Waals surface area contributed by atoms with E-state index in [1.807, 2.05) is 35.0 Å². The molecular weight excluding hydrogens is 290 g/mol. The maximum absolute atomic E-state index is 12.6. The number of aromatic nitrogens is 2. The van der Waals surface area contributed by atoms with E-state index in [0.717, 1.165) is 43.7 Å². The van der Waals surface area contributed by atoms with Gasteiger partial charge in [0.2, 0.25) is 0 Å². The van der Waals surface area contributed by atoms with Gasteiger partial charge in [0.25, 0.3) is 5.91 Å². The van der Waals surface area contributed by atoms with E-state index < -0.39 is 0 Å². The summed E-state index contributed by atoms with van der Waals surface area (Å²) >= 11 is 0. The third kappa shape index (κ3) is 3.01. The second kappa shape index (κ2) is 6.16. The molecule has 4 rings (SSSR count). The van der Waals surface area contributed by atoms with Crippen molar-refractivity contribution < 1.29 is 9.53 Å². The molecule has 1 N–H and O–H groups in total. The predicted molar refractivity (Wildman–Crippen MR) is 86.8 cm³/mol. The van der Waals surface area contributed by atoms with Crippen LogP contribution in [0, 0.1) is 0 Å². The summed E-state index contributed by atoms with van der Waals surface area (Å²) in [6.45, 7) is 1.39. The van der Waals surface area contributed by atoms with E-state index in [0.29, 0.717) is 18.0 Å². The van der Waals surface area contributed by atoms with Gasteiger partial charge >= 0.3 is 0 Å². The van der Waals surface area contributed by atoms with Crippen LogP contribution in [0.1, 0.15) is 47.7 Å². The van der Waals surface area contributed by atoms with E-state index in [1.54, 1.807) is 6.20 Å². The standard InChI is InChI=1S/C18H21N3O2/c22-18(19-11-15-7-4-10-23-15)16-12-20-21(17(16)13-8-9-13)14-5-2-1-3-6-14/h1-3,5-6,12-13,15H,4,7-11H2,(H,19,22)/t15-/m1/s1. The molecule has 5 heteroatoms. The highest BCUT2D eigenvalue weighted by atomic mass is 16.5. The molecule has 1 amide bonds. The number of amides is 1. The topological polar surface area (TPSA) is 56.1 Å². The van der Waals surface area contributed by atoms with Gasteiger partial charge in [0.05, 0.1) is 29.2 Å². The highest BCUT2D eigenvalue weighted by molar-refractivity contribution is 5.95. The summed E-state index contributed by atoms with van der Waals surface area (Å²) in [5.74, 6) is 0.408. The Balaban J connectivity index is 1.56. The van der Waals surface area contributed by atoms with Crippen molar-refractivity contribution in [3.63, 3.8) is 0 Å². The Kier molecular flexibility index (Phi) is 3.87. The van der Waals surface area contributed by atoms with Gasteiger partial charge in [-0.3, -0.25) is 4.79 Å². The lowest BCUT2D eigenvalue weighted by Crippen LogP contribution is -2.32. The van der Waals surface area contributed by atoms with Crippen LogP contribution in [-0.2, 0) is 4.74 Å². The average Bonchev–Trinajstić information content (AvgIpc) is 3.12. The highest BCUT2D eigenvalue weighted by Crippen LogP contribution is 2.42. The third-order valence-electron chi connectivity index (χ3n) is 4.53. The van der Waals surface area contributed by atoms with Crippen LogP contribution in [0.3, 0.4) is 0 Å². The average molecular weight is 311 g/mol. The number of ether oxygens (including phenoxy) is 1. The second-order valence-corrected chi connectivity index (χ2v) is 6.31. The lowest BCUT2D eigenvalue weighted by molar-refractivity contribution is 0.0857. The minimum absolute atomic E-state index is 0.0374. The fourth-order valence-electron chi connectivity index (χ4n) is 3.16. The van der Waals surface area contributed by atoms with Crippen LogP contribution in [-0.4, -0.2) is 34.9 Å². The molecule has 120 valence electrons. The van der Waals surface area contributed by atoms with Crippen molar-refractivity contribution >= 4 is 5.91 Å². The monoisotopic (exact) mass is 311 g/mol. The Bertz CT molecular complexity index is 686. The molecule has 1 aromatic carbocycles. The molecule has 5 nitrogen and oxygen atoms in total. The number of rotatable bonds is 5. The van der Waals surface area contributed by atoms with Gasteiger partial charge in [-0.05, 0) is 37.8 Å². The smallest absolute Gasteiger partial charge is 0.254 e. The van der Waals surface area contributed by atoms with E-state index in [2.05, 4.69) is 10.4 Å². The fraction of sp³-hybridized carbons (Fsp3) is 0.444. The highest BCUT2D eigenvalue weighted by Gasteiger charge is 2.33. The number of hydrogen-bond donors (Lipinski definition) is 1.